The maximum atomic E-state index is 12.5. The van der Waals surface area contributed by atoms with Crippen molar-refractivity contribution in [2.24, 2.45) is 0 Å². The van der Waals surface area contributed by atoms with Crippen molar-refractivity contribution < 1.29 is 9.21 Å². The third kappa shape index (κ3) is 3.39. The third-order valence-electron chi connectivity index (χ3n) is 3.48. The van der Waals surface area contributed by atoms with Crippen molar-refractivity contribution in [3.63, 3.8) is 0 Å². The van der Waals surface area contributed by atoms with Crippen LogP contribution in [-0.4, -0.2) is 26.6 Å². The zero-order valence-corrected chi connectivity index (χ0v) is 14.5. The quantitative estimate of drug-likeness (QED) is 0.602. The van der Waals surface area contributed by atoms with Gasteiger partial charge < -0.3 is 4.42 Å². The van der Waals surface area contributed by atoms with Gasteiger partial charge in [0.15, 0.2) is 0 Å². The summed E-state index contributed by atoms with van der Waals surface area (Å²) in [6, 6.07) is 12.0. The normalized spacial score (nSPS) is 18.2. The summed E-state index contributed by atoms with van der Waals surface area (Å²) in [6.07, 6.45) is 4.36. The molecule has 1 aliphatic rings. The van der Waals surface area contributed by atoms with Crippen molar-refractivity contribution in [2.45, 2.75) is 23.1 Å². The maximum Gasteiger partial charge on any atom is 0.242 e. The van der Waals surface area contributed by atoms with E-state index in [2.05, 4.69) is 30.5 Å². The first-order valence-corrected chi connectivity index (χ1v) is 9.36. The second-order valence-electron chi connectivity index (χ2n) is 4.93. The van der Waals surface area contributed by atoms with Crippen LogP contribution >= 0.6 is 35.7 Å². The summed E-state index contributed by atoms with van der Waals surface area (Å²) in [5.74, 6) is 0.821. The number of thiocarbonyl (C=S) groups is 1. The first kappa shape index (κ1) is 15.6. The molecule has 1 aliphatic heterocycles. The van der Waals surface area contributed by atoms with E-state index in [0.717, 1.165) is 11.3 Å². The minimum absolute atomic E-state index is 0.0698. The molecule has 22 heavy (non-hydrogen) atoms. The predicted octanol–water partition coefficient (Wildman–Crippen LogP) is 3.97. The molecule has 1 amide bonds. The Kier molecular flexibility index (Phi) is 4.90. The molecule has 0 radical (unpaired) electrons. The van der Waals surface area contributed by atoms with E-state index in [-0.39, 0.29) is 11.2 Å². The van der Waals surface area contributed by atoms with Gasteiger partial charge in [0.25, 0.3) is 0 Å². The molecule has 1 saturated heterocycles. The molecule has 0 unspecified atom stereocenters. The van der Waals surface area contributed by atoms with E-state index in [1.54, 1.807) is 22.9 Å². The van der Waals surface area contributed by atoms with Crippen LogP contribution < -0.4 is 0 Å². The van der Waals surface area contributed by atoms with Crippen LogP contribution in [0.3, 0.4) is 0 Å². The summed E-state index contributed by atoms with van der Waals surface area (Å²) in [4.78, 5) is 15.4. The Hall–Kier alpha value is -1.24. The molecule has 1 fully saturated rings. The number of hydrogen-bond donors (Lipinski definition) is 0. The number of carbonyl (C=O) groups excluding carboxylic acids is 1. The number of amides is 1. The van der Waals surface area contributed by atoms with Crippen LogP contribution in [0.1, 0.15) is 11.3 Å². The summed E-state index contributed by atoms with van der Waals surface area (Å²) >= 11 is 8.53. The lowest BCUT2D eigenvalue weighted by Gasteiger charge is -2.13. The van der Waals surface area contributed by atoms with Gasteiger partial charge in [-0.1, -0.05) is 36.1 Å². The molecule has 0 saturated carbocycles. The summed E-state index contributed by atoms with van der Waals surface area (Å²) < 4.78 is 5.94. The van der Waals surface area contributed by atoms with E-state index in [1.165, 1.54) is 16.7 Å². The number of carbonyl (C=O) groups is 1. The second kappa shape index (κ2) is 6.89. The molecule has 114 valence electrons. The second-order valence-corrected chi connectivity index (χ2v) is 7.64. The molecule has 0 bridgehead atoms. The van der Waals surface area contributed by atoms with Crippen LogP contribution in [0.25, 0.3) is 0 Å². The molecule has 1 aromatic carbocycles. The smallest absolute Gasteiger partial charge is 0.242 e. The molecule has 2 aromatic rings. The number of rotatable bonds is 5. The minimum atomic E-state index is -0.136. The van der Waals surface area contributed by atoms with Crippen molar-refractivity contribution in [2.75, 3.05) is 6.26 Å². The molecule has 0 N–H and O–H groups in total. The van der Waals surface area contributed by atoms with Crippen molar-refractivity contribution in [1.82, 2.24) is 4.90 Å². The van der Waals surface area contributed by atoms with Crippen LogP contribution in [0.5, 0.6) is 0 Å². The average Bonchev–Trinajstić information content (AvgIpc) is 3.13. The van der Waals surface area contributed by atoms with Gasteiger partial charge in [-0.3, -0.25) is 9.69 Å². The fraction of sp³-hybridized carbons (Fsp3) is 0.250. The predicted molar refractivity (Wildman–Crippen MR) is 95.2 cm³/mol. The van der Waals surface area contributed by atoms with Gasteiger partial charge in [-0.25, -0.2) is 0 Å². The lowest BCUT2D eigenvalue weighted by molar-refractivity contribution is -0.126. The molecule has 3 nitrogen and oxygen atoms in total. The standard InChI is InChI=1S/C16H15NO2S3/c1-21-13-6-4-11(5-7-13)9-14-15(18)17(16(20)22-14)10-12-3-2-8-19-12/h2-8,14H,9-10H2,1H3/t14-/m0/s1. The van der Waals surface area contributed by atoms with Gasteiger partial charge in [-0.15, -0.1) is 11.8 Å². The van der Waals surface area contributed by atoms with Crippen molar-refractivity contribution in [3.8, 4) is 0 Å². The largest absolute Gasteiger partial charge is 0.467 e. The Balaban J connectivity index is 1.67. The Morgan fingerprint density at radius 1 is 1.32 bits per heavy atom. The van der Waals surface area contributed by atoms with Gasteiger partial charge in [-0.05, 0) is 42.5 Å². The molecule has 0 spiro atoms. The summed E-state index contributed by atoms with van der Waals surface area (Å²) in [5.41, 5.74) is 1.16. The van der Waals surface area contributed by atoms with E-state index in [1.807, 2.05) is 12.1 Å². The summed E-state index contributed by atoms with van der Waals surface area (Å²) in [6.45, 7) is 0.416. The van der Waals surface area contributed by atoms with Crippen molar-refractivity contribution in [3.05, 3.63) is 54.0 Å². The number of benzene rings is 1. The monoisotopic (exact) mass is 349 g/mol. The number of nitrogens with zero attached hydrogens (tertiary/aromatic N) is 1. The molecule has 6 heteroatoms. The van der Waals surface area contributed by atoms with Gasteiger partial charge in [0.2, 0.25) is 5.91 Å². The van der Waals surface area contributed by atoms with Gasteiger partial charge in [0.1, 0.15) is 10.1 Å². The highest BCUT2D eigenvalue weighted by molar-refractivity contribution is 8.24. The fourth-order valence-corrected chi connectivity index (χ4v) is 4.25. The number of hydrogen-bond acceptors (Lipinski definition) is 5. The highest BCUT2D eigenvalue weighted by atomic mass is 32.2. The van der Waals surface area contributed by atoms with Crippen molar-refractivity contribution >= 4 is 46.0 Å². The Bertz CT molecular complexity index is 667. The van der Waals surface area contributed by atoms with Gasteiger partial charge in [-0.2, -0.15) is 0 Å². The number of thioether (sulfide) groups is 2. The lowest BCUT2D eigenvalue weighted by atomic mass is 10.1. The fourth-order valence-electron chi connectivity index (χ4n) is 2.31. The van der Waals surface area contributed by atoms with Crippen LogP contribution in [0, 0.1) is 0 Å². The summed E-state index contributed by atoms with van der Waals surface area (Å²) in [5, 5.41) is -0.136. The molecule has 3 rings (SSSR count). The Morgan fingerprint density at radius 3 is 2.73 bits per heavy atom. The van der Waals surface area contributed by atoms with E-state index in [4.69, 9.17) is 16.6 Å². The lowest BCUT2D eigenvalue weighted by Crippen LogP contribution is -2.31. The topological polar surface area (TPSA) is 33.5 Å². The van der Waals surface area contributed by atoms with E-state index in [0.29, 0.717) is 17.3 Å². The highest BCUT2D eigenvalue weighted by Crippen LogP contribution is 2.31. The Labute approximate surface area is 143 Å². The van der Waals surface area contributed by atoms with Crippen molar-refractivity contribution in [1.29, 1.82) is 0 Å². The zero-order chi connectivity index (χ0) is 15.5. The van der Waals surface area contributed by atoms with Crippen LogP contribution in [-0.2, 0) is 17.8 Å². The van der Waals surface area contributed by atoms with Crippen LogP contribution in [0.2, 0.25) is 0 Å². The maximum absolute atomic E-state index is 12.5. The highest BCUT2D eigenvalue weighted by Gasteiger charge is 2.37. The molecular formula is C16H15NO2S3. The first-order valence-electron chi connectivity index (χ1n) is 6.84. The van der Waals surface area contributed by atoms with E-state index < -0.39 is 0 Å². The van der Waals surface area contributed by atoms with Gasteiger partial charge >= 0.3 is 0 Å². The molecule has 0 aliphatic carbocycles. The van der Waals surface area contributed by atoms with Gasteiger partial charge in [0.05, 0.1) is 18.1 Å². The van der Waals surface area contributed by atoms with E-state index in [9.17, 15) is 4.79 Å². The van der Waals surface area contributed by atoms with Crippen LogP contribution in [0.4, 0.5) is 0 Å². The van der Waals surface area contributed by atoms with Gasteiger partial charge in [0, 0.05) is 4.90 Å². The zero-order valence-electron chi connectivity index (χ0n) is 12.0. The molecule has 1 atom stereocenters. The van der Waals surface area contributed by atoms with Crippen LogP contribution in [0.15, 0.2) is 52.0 Å². The first-order chi connectivity index (χ1) is 10.7. The molecule has 1 aromatic heterocycles. The minimum Gasteiger partial charge on any atom is -0.467 e. The molecular weight excluding hydrogens is 334 g/mol. The number of furan rings is 1. The Morgan fingerprint density at radius 2 is 2.09 bits per heavy atom. The van der Waals surface area contributed by atoms with E-state index >= 15 is 0 Å². The average molecular weight is 350 g/mol. The summed E-state index contributed by atoms with van der Waals surface area (Å²) in [7, 11) is 0. The molecule has 2 heterocycles. The SMILES string of the molecule is CSc1ccc(C[C@@H]2SC(=S)N(Cc3ccco3)C2=O)cc1. The third-order valence-corrected chi connectivity index (χ3v) is 5.81.